The van der Waals surface area contributed by atoms with Crippen molar-refractivity contribution in [3.8, 4) is 5.75 Å². The maximum atomic E-state index is 9.90. The van der Waals surface area contributed by atoms with Gasteiger partial charge in [0.1, 0.15) is 30.1 Å². The minimum absolute atomic E-state index is 0.240. The van der Waals surface area contributed by atoms with E-state index in [4.69, 9.17) is 16.3 Å². The van der Waals surface area contributed by atoms with Crippen LogP contribution in [-0.2, 0) is 6.61 Å². The molecule has 0 aliphatic heterocycles. The van der Waals surface area contributed by atoms with Crippen LogP contribution in [0.5, 0.6) is 5.75 Å². The third-order valence-electron chi connectivity index (χ3n) is 4.74. The van der Waals surface area contributed by atoms with Gasteiger partial charge in [0.2, 0.25) is 0 Å². The Kier molecular flexibility index (Phi) is 6.13. The highest BCUT2D eigenvalue weighted by molar-refractivity contribution is 6.30. The van der Waals surface area contributed by atoms with E-state index in [1.165, 1.54) is 6.33 Å². The predicted octanol–water partition coefficient (Wildman–Crippen LogP) is 3.68. The van der Waals surface area contributed by atoms with Crippen LogP contribution in [0.4, 0.5) is 11.5 Å². The molecule has 30 heavy (non-hydrogen) atoms. The minimum atomic E-state index is -0.568. The van der Waals surface area contributed by atoms with Gasteiger partial charge in [-0.3, -0.25) is 0 Å². The number of hydrogen-bond acceptors (Lipinski definition) is 6. The summed E-state index contributed by atoms with van der Waals surface area (Å²) in [6, 6.07) is 16.2. The number of rotatable bonds is 8. The zero-order chi connectivity index (χ0) is 20.9. The zero-order valence-electron chi connectivity index (χ0n) is 16.1. The molecule has 0 unspecified atom stereocenters. The lowest BCUT2D eigenvalue weighted by atomic mass is 10.1. The number of aromatic nitrogens is 3. The number of H-pyrrole nitrogens is 1. The predicted molar refractivity (Wildman–Crippen MR) is 116 cm³/mol. The zero-order valence-corrected chi connectivity index (χ0v) is 16.8. The van der Waals surface area contributed by atoms with Crippen molar-refractivity contribution in [2.24, 2.45) is 0 Å². The molecule has 0 saturated heterocycles. The molecule has 3 N–H and O–H groups in total. The van der Waals surface area contributed by atoms with Crippen molar-refractivity contribution in [2.45, 2.75) is 12.6 Å². The Morgan fingerprint density at radius 1 is 1.03 bits per heavy atom. The van der Waals surface area contributed by atoms with Gasteiger partial charge >= 0.3 is 0 Å². The lowest BCUT2D eigenvalue weighted by Gasteiger charge is -2.31. The summed E-state index contributed by atoms with van der Waals surface area (Å²) in [7, 11) is 0. The number of anilines is 2. The molecule has 4 rings (SSSR count). The number of aliphatic hydroxyl groups excluding tert-OH is 2. The van der Waals surface area contributed by atoms with Crippen molar-refractivity contribution in [2.75, 3.05) is 18.1 Å². The lowest BCUT2D eigenvalue weighted by Crippen LogP contribution is -2.38. The van der Waals surface area contributed by atoms with E-state index in [1.54, 1.807) is 18.3 Å². The highest BCUT2D eigenvalue weighted by Crippen LogP contribution is 2.32. The number of nitrogens with one attached hydrogen (secondary N) is 1. The molecule has 154 valence electrons. The number of benzene rings is 2. The molecule has 0 aliphatic carbocycles. The summed E-state index contributed by atoms with van der Waals surface area (Å²) in [5.74, 6) is 1.28. The molecule has 0 radical (unpaired) electrons. The van der Waals surface area contributed by atoms with Crippen molar-refractivity contribution < 1.29 is 14.9 Å². The molecule has 4 aromatic rings. The molecule has 7 nitrogen and oxygen atoms in total. The van der Waals surface area contributed by atoms with Crippen LogP contribution in [0, 0.1) is 0 Å². The lowest BCUT2D eigenvalue weighted by molar-refractivity contribution is 0.193. The van der Waals surface area contributed by atoms with Crippen LogP contribution < -0.4 is 9.64 Å². The molecule has 2 aromatic carbocycles. The molecule has 0 saturated carbocycles. The normalized spacial score (nSPS) is 11.2. The molecule has 0 spiro atoms. The Bertz CT molecular complexity index is 1130. The van der Waals surface area contributed by atoms with Crippen LogP contribution in [0.15, 0.2) is 67.1 Å². The van der Waals surface area contributed by atoms with Crippen LogP contribution in [0.1, 0.15) is 5.56 Å². The first-order valence-corrected chi connectivity index (χ1v) is 9.83. The summed E-state index contributed by atoms with van der Waals surface area (Å²) >= 11 is 6.02. The van der Waals surface area contributed by atoms with Crippen LogP contribution in [-0.4, -0.2) is 44.4 Å². The number of aliphatic hydroxyl groups is 2. The summed E-state index contributed by atoms with van der Waals surface area (Å²) in [5, 5.41) is 21.2. The van der Waals surface area contributed by atoms with Gasteiger partial charge in [0.15, 0.2) is 0 Å². The third kappa shape index (κ3) is 4.23. The van der Waals surface area contributed by atoms with Gasteiger partial charge in [-0.1, -0.05) is 29.8 Å². The fourth-order valence-corrected chi connectivity index (χ4v) is 3.48. The van der Waals surface area contributed by atoms with E-state index in [1.807, 2.05) is 47.4 Å². The Labute approximate surface area is 178 Å². The number of aromatic amines is 1. The quantitative estimate of drug-likeness (QED) is 0.399. The Morgan fingerprint density at radius 3 is 2.67 bits per heavy atom. The molecular weight excluding hydrogens is 404 g/mol. The Hall–Kier alpha value is -3.13. The number of ether oxygens (including phenoxy) is 1. The summed E-state index contributed by atoms with van der Waals surface area (Å²) in [6.45, 7) is -0.139. The van der Waals surface area contributed by atoms with Crippen LogP contribution in [0.3, 0.4) is 0 Å². The van der Waals surface area contributed by atoms with E-state index >= 15 is 0 Å². The Balaban J connectivity index is 1.67. The van der Waals surface area contributed by atoms with Crippen molar-refractivity contribution >= 4 is 34.1 Å². The molecular formula is C22H21ClN4O3. The summed E-state index contributed by atoms with van der Waals surface area (Å²) in [4.78, 5) is 13.5. The van der Waals surface area contributed by atoms with Gasteiger partial charge in [-0.15, -0.1) is 0 Å². The van der Waals surface area contributed by atoms with E-state index < -0.39 is 6.04 Å². The molecule has 0 amide bonds. The second-order valence-electron chi connectivity index (χ2n) is 6.74. The summed E-state index contributed by atoms with van der Waals surface area (Å²) in [5.41, 5.74) is 2.38. The van der Waals surface area contributed by atoms with E-state index in [0.29, 0.717) is 28.8 Å². The minimum Gasteiger partial charge on any atom is -0.489 e. The van der Waals surface area contributed by atoms with E-state index in [0.717, 1.165) is 16.6 Å². The third-order valence-corrected chi connectivity index (χ3v) is 4.97. The molecule has 8 heteroatoms. The molecule has 2 heterocycles. The van der Waals surface area contributed by atoms with Gasteiger partial charge in [0.25, 0.3) is 0 Å². The molecule has 2 aromatic heterocycles. The maximum Gasteiger partial charge on any atom is 0.146 e. The van der Waals surface area contributed by atoms with Gasteiger partial charge in [0, 0.05) is 16.9 Å². The smallest absolute Gasteiger partial charge is 0.146 e. The van der Waals surface area contributed by atoms with Crippen molar-refractivity contribution in [1.29, 1.82) is 0 Å². The van der Waals surface area contributed by atoms with Crippen LogP contribution in [0.2, 0.25) is 5.02 Å². The first-order valence-electron chi connectivity index (χ1n) is 9.46. The molecule has 0 aliphatic rings. The first-order chi connectivity index (χ1) is 14.7. The topological polar surface area (TPSA) is 94.5 Å². The Morgan fingerprint density at radius 2 is 1.87 bits per heavy atom. The fourth-order valence-electron chi connectivity index (χ4n) is 3.30. The molecule has 0 fully saturated rings. The van der Waals surface area contributed by atoms with E-state index in [-0.39, 0.29) is 13.2 Å². The van der Waals surface area contributed by atoms with Crippen molar-refractivity contribution in [1.82, 2.24) is 15.0 Å². The average molecular weight is 425 g/mol. The SMILES string of the molecule is OCC(CO)N(c1cccc(COc2cccc(Cl)c2)c1)c1ncnc2[nH]ccc12. The van der Waals surface area contributed by atoms with E-state index in [2.05, 4.69) is 15.0 Å². The highest BCUT2D eigenvalue weighted by atomic mass is 35.5. The van der Waals surface area contributed by atoms with Gasteiger partial charge in [-0.2, -0.15) is 0 Å². The average Bonchev–Trinajstić information content (AvgIpc) is 3.25. The molecule has 0 atom stereocenters. The second kappa shape index (κ2) is 9.13. The number of nitrogens with zero attached hydrogens (tertiary/aromatic N) is 3. The van der Waals surface area contributed by atoms with Gasteiger partial charge in [-0.25, -0.2) is 9.97 Å². The number of fused-ring (bicyclic) bond motifs is 1. The van der Waals surface area contributed by atoms with Crippen LogP contribution in [0.25, 0.3) is 11.0 Å². The first kappa shape index (κ1) is 20.2. The van der Waals surface area contributed by atoms with Gasteiger partial charge in [-0.05, 0) is 42.0 Å². The van der Waals surface area contributed by atoms with E-state index in [9.17, 15) is 10.2 Å². The standard InChI is InChI=1S/C22H21ClN4O3/c23-16-4-2-6-19(10-16)30-13-15-3-1-5-17(9-15)27(18(11-28)12-29)22-20-7-8-24-21(20)25-14-26-22/h1-10,14,18,28-29H,11-13H2,(H,24,25,26). The molecule has 0 bridgehead atoms. The highest BCUT2D eigenvalue weighted by Gasteiger charge is 2.23. The largest absolute Gasteiger partial charge is 0.489 e. The fraction of sp³-hybridized carbons (Fsp3) is 0.182. The number of hydrogen-bond donors (Lipinski definition) is 3. The monoisotopic (exact) mass is 424 g/mol. The van der Waals surface area contributed by atoms with Crippen molar-refractivity contribution in [3.63, 3.8) is 0 Å². The van der Waals surface area contributed by atoms with Gasteiger partial charge < -0.3 is 24.8 Å². The van der Waals surface area contributed by atoms with Crippen molar-refractivity contribution in [3.05, 3.63) is 77.7 Å². The second-order valence-corrected chi connectivity index (χ2v) is 7.18. The number of halogens is 1. The summed E-state index contributed by atoms with van der Waals surface area (Å²) < 4.78 is 5.85. The maximum absolute atomic E-state index is 9.90. The summed E-state index contributed by atoms with van der Waals surface area (Å²) in [6.07, 6.45) is 3.24. The van der Waals surface area contributed by atoms with Gasteiger partial charge in [0.05, 0.1) is 24.6 Å². The van der Waals surface area contributed by atoms with Crippen LogP contribution >= 0.6 is 11.6 Å².